The zero-order valence-corrected chi connectivity index (χ0v) is 18.4. The Hall–Kier alpha value is -3.19. The third-order valence-corrected chi connectivity index (χ3v) is 6.72. The molecule has 1 aromatic heterocycles. The van der Waals surface area contributed by atoms with Gasteiger partial charge in [0.25, 0.3) is 5.91 Å². The predicted octanol–water partition coefficient (Wildman–Crippen LogP) is 4.08. The largest absolute Gasteiger partial charge is 0.487 e. The normalized spacial score (nSPS) is 18.5. The summed E-state index contributed by atoms with van der Waals surface area (Å²) >= 11 is 0. The summed E-state index contributed by atoms with van der Waals surface area (Å²) in [7, 11) is 0. The molecule has 2 saturated heterocycles. The van der Waals surface area contributed by atoms with Gasteiger partial charge in [0.05, 0.1) is 5.39 Å². The molecule has 172 valence electrons. The maximum absolute atomic E-state index is 13.8. The lowest BCUT2D eigenvalue weighted by atomic mass is 9.98. The van der Waals surface area contributed by atoms with E-state index < -0.39 is 0 Å². The van der Waals surface area contributed by atoms with E-state index in [4.69, 9.17) is 9.15 Å². The molecule has 33 heavy (non-hydrogen) atoms. The van der Waals surface area contributed by atoms with Crippen LogP contribution in [0, 0.1) is 5.82 Å². The minimum Gasteiger partial charge on any atom is -0.487 e. The Morgan fingerprint density at radius 1 is 0.939 bits per heavy atom. The maximum atomic E-state index is 13.8. The molecule has 2 aromatic carbocycles. The molecule has 2 aliphatic rings. The molecule has 2 fully saturated rings. The van der Waals surface area contributed by atoms with Crippen molar-refractivity contribution in [2.75, 3.05) is 26.2 Å². The van der Waals surface area contributed by atoms with E-state index in [1.54, 1.807) is 47.4 Å². The number of fused-ring (bicyclic) bond motifs is 1. The van der Waals surface area contributed by atoms with Gasteiger partial charge in [-0.25, -0.2) is 4.39 Å². The van der Waals surface area contributed by atoms with Crippen molar-refractivity contribution in [2.45, 2.75) is 37.8 Å². The molecular formula is C26H27FN2O4. The highest BCUT2D eigenvalue weighted by Crippen LogP contribution is 2.26. The number of hydrogen-bond acceptors (Lipinski definition) is 5. The Balaban J connectivity index is 1.14. The smallest absolute Gasteiger partial charge is 0.289 e. The molecule has 1 amide bonds. The molecule has 2 aliphatic heterocycles. The van der Waals surface area contributed by atoms with Crippen molar-refractivity contribution in [3.05, 3.63) is 76.4 Å². The minimum absolute atomic E-state index is 0.0237. The molecule has 3 aromatic rings. The summed E-state index contributed by atoms with van der Waals surface area (Å²) in [6, 6.07) is 15.2. The Morgan fingerprint density at radius 3 is 2.39 bits per heavy atom. The van der Waals surface area contributed by atoms with E-state index in [9.17, 15) is 14.0 Å². The second-order valence-corrected chi connectivity index (χ2v) is 8.78. The van der Waals surface area contributed by atoms with Gasteiger partial charge in [0.2, 0.25) is 0 Å². The number of hydrogen-bond donors (Lipinski definition) is 0. The zero-order valence-electron chi connectivity index (χ0n) is 18.4. The Labute approximate surface area is 191 Å². The number of nitrogens with zero attached hydrogens (tertiary/aromatic N) is 2. The molecule has 0 spiro atoms. The third kappa shape index (κ3) is 4.64. The van der Waals surface area contributed by atoms with E-state index in [0.717, 1.165) is 38.8 Å². The van der Waals surface area contributed by atoms with Crippen LogP contribution >= 0.6 is 0 Å². The first kappa shape index (κ1) is 21.6. The molecule has 0 saturated carbocycles. The number of rotatable bonds is 4. The number of halogens is 1. The lowest BCUT2D eigenvalue weighted by Crippen LogP contribution is -2.50. The van der Waals surface area contributed by atoms with Crippen LogP contribution in [0.5, 0.6) is 5.75 Å². The third-order valence-electron chi connectivity index (χ3n) is 6.72. The van der Waals surface area contributed by atoms with E-state index >= 15 is 0 Å². The molecule has 0 N–H and O–H groups in total. The van der Waals surface area contributed by atoms with Crippen LogP contribution in [0.2, 0.25) is 0 Å². The number of carbonyl (C=O) groups is 1. The summed E-state index contributed by atoms with van der Waals surface area (Å²) in [5.41, 5.74) is 0.235. The van der Waals surface area contributed by atoms with Crippen molar-refractivity contribution in [1.82, 2.24) is 9.80 Å². The lowest BCUT2D eigenvalue weighted by molar-refractivity contribution is 0.0403. The predicted molar refractivity (Wildman–Crippen MR) is 123 cm³/mol. The fourth-order valence-electron chi connectivity index (χ4n) is 4.88. The van der Waals surface area contributed by atoms with Gasteiger partial charge >= 0.3 is 0 Å². The molecule has 6 nitrogen and oxygen atoms in total. The van der Waals surface area contributed by atoms with Crippen molar-refractivity contribution >= 4 is 16.9 Å². The number of carbonyl (C=O) groups excluding carboxylic acids is 1. The van der Waals surface area contributed by atoms with Crippen LogP contribution < -0.4 is 10.2 Å². The van der Waals surface area contributed by atoms with Crippen LogP contribution in [0.3, 0.4) is 0 Å². The molecule has 0 radical (unpaired) electrons. The second kappa shape index (κ2) is 9.35. The van der Waals surface area contributed by atoms with Crippen molar-refractivity contribution < 1.29 is 18.3 Å². The van der Waals surface area contributed by atoms with Crippen LogP contribution in [0.1, 0.15) is 36.2 Å². The molecule has 0 atom stereocenters. The number of ether oxygens (including phenoxy) is 1. The molecule has 5 rings (SSSR count). The monoisotopic (exact) mass is 450 g/mol. The van der Waals surface area contributed by atoms with Crippen LogP contribution in [0.4, 0.5) is 4.39 Å². The van der Waals surface area contributed by atoms with E-state index in [-0.39, 0.29) is 29.0 Å². The minimum atomic E-state index is -0.320. The summed E-state index contributed by atoms with van der Waals surface area (Å²) < 4.78 is 25.4. The van der Waals surface area contributed by atoms with Gasteiger partial charge in [-0.15, -0.1) is 0 Å². The second-order valence-electron chi connectivity index (χ2n) is 8.78. The van der Waals surface area contributed by atoms with Gasteiger partial charge in [0.1, 0.15) is 11.7 Å². The fourth-order valence-corrected chi connectivity index (χ4v) is 4.88. The highest BCUT2D eigenvalue weighted by atomic mass is 19.1. The SMILES string of the molecule is O=C(c1cc(=O)c2ccccc2o1)N1CCC(N2CCC(Oc3ccccc3F)CC2)CC1. The molecule has 0 aliphatic carbocycles. The Bertz CT molecular complexity index is 1190. The maximum Gasteiger partial charge on any atom is 0.289 e. The van der Waals surface area contributed by atoms with Crippen molar-refractivity contribution in [2.24, 2.45) is 0 Å². The average Bonchev–Trinajstić information content (AvgIpc) is 2.85. The van der Waals surface area contributed by atoms with Crippen molar-refractivity contribution in [1.29, 1.82) is 0 Å². The lowest BCUT2D eigenvalue weighted by Gasteiger charge is -2.41. The van der Waals surface area contributed by atoms with E-state index in [1.165, 1.54) is 12.1 Å². The highest BCUT2D eigenvalue weighted by Gasteiger charge is 2.31. The summed E-state index contributed by atoms with van der Waals surface area (Å²) in [6.45, 7) is 3.06. The van der Waals surface area contributed by atoms with Crippen LogP contribution in [-0.2, 0) is 0 Å². The quantitative estimate of drug-likeness (QED) is 0.599. The number of amides is 1. The highest BCUT2D eigenvalue weighted by molar-refractivity contribution is 5.93. The summed E-state index contributed by atoms with van der Waals surface area (Å²) in [5, 5.41) is 0.482. The summed E-state index contributed by atoms with van der Waals surface area (Å²) in [6.07, 6.45) is 3.49. The fraction of sp³-hybridized carbons (Fsp3) is 0.385. The average molecular weight is 451 g/mol. The van der Waals surface area contributed by atoms with Crippen molar-refractivity contribution in [3.63, 3.8) is 0 Å². The van der Waals surface area contributed by atoms with Gasteiger partial charge in [-0.05, 0) is 49.9 Å². The summed E-state index contributed by atoms with van der Waals surface area (Å²) in [5.74, 6) is -0.126. The number of benzene rings is 2. The van der Waals surface area contributed by atoms with Crippen LogP contribution in [-0.4, -0.2) is 54.0 Å². The first-order valence-corrected chi connectivity index (χ1v) is 11.6. The number of likely N-dealkylation sites (tertiary alicyclic amines) is 2. The Morgan fingerprint density at radius 2 is 1.64 bits per heavy atom. The van der Waals surface area contributed by atoms with E-state index in [1.807, 2.05) is 0 Å². The van der Waals surface area contributed by atoms with E-state index in [2.05, 4.69) is 4.90 Å². The Kier molecular flexibility index (Phi) is 6.13. The molecular weight excluding hydrogens is 423 g/mol. The number of para-hydroxylation sites is 2. The van der Waals surface area contributed by atoms with Gasteiger partial charge in [0.15, 0.2) is 22.8 Å². The molecule has 3 heterocycles. The van der Waals surface area contributed by atoms with Gasteiger partial charge in [-0.2, -0.15) is 0 Å². The van der Waals surface area contributed by atoms with Gasteiger partial charge < -0.3 is 14.1 Å². The van der Waals surface area contributed by atoms with Gasteiger partial charge in [-0.3, -0.25) is 14.5 Å². The van der Waals surface area contributed by atoms with Crippen LogP contribution in [0.15, 0.2) is 63.8 Å². The van der Waals surface area contributed by atoms with Crippen molar-refractivity contribution in [3.8, 4) is 5.75 Å². The van der Waals surface area contributed by atoms with Gasteiger partial charge in [0, 0.05) is 38.3 Å². The van der Waals surface area contributed by atoms with Gasteiger partial charge in [-0.1, -0.05) is 24.3 Å². The standard InChI is InChI=1S/C26H27FN2O4/c27-21-6-2-4-8-24(21)32-19-11-15-28(16-12-19)18-9-13-29(14-10-18)26(31)25-17-22(30)20-5-1-3-7-23(20)33-25/h1-8,17-19H,9-16H2. The topological polar surface area (TPSA) is 63.0 Å². The number of piperidine rings is 2. The van der Waals surface area contributed by atoms with Crippen LogP contribution in [0.25, 0.3) is 11.0 Å². The zero-order chi connectivity index (χ0) is 22.8. The molecule has 0 bridgehead atoms. The molecule has 0 unspecified atom stereocenters. The summed E-state index contributed by atoms with van der Waals surface area (Å²) in [4.78, 5) is 29.5. The first-order valence-electron chi connectivity index (χ1n) is 11.6. The molecule has 7 heteroatoms. The first-order chi connectivity index (χ1) is 16.1. The van der Waals surface area contributed by atoms with E-state index in [0.29, 0.717) is 35.9 Å².